The summed E-state index contributed by atoms with van der Waals surface area (Å²) < 4.78 is 5.39. The molecule has 0 spiro atoms. The van der Waals surface area contributed by atoms with E-state index in [-0.39, 0.29) is 5.41 Å². The van der Waals surface area contributed by atoms with E-state index < -0.39 is 0 Å². The van der Waals surface area contributed by atoms with Crippen molar-refractivity contribution in [3.63, 3.8) is 0 Å². The molecule has 0 unspecified atom stereocenters. The minimum Gasteiger partial charge on any atom is -0.481 e. The molecule has 0 aromatic carbocycles. The van der Waals surface area contributed by atoms with E-state index in [4.69, 9.17) is 4.74 Å². The van der Waals surface area contributed by atoms with Crippen molar-refractivity contribution in [2.24, 2.45) is 5.41 Å². The number of hydrogen-bond donors (Lipinski definition) is 2. The number of rotatable bonds is 4. The number of ether oxygens (including phenoxy) is 1. The van der Waals surface area contributed by atoms with Gasteiger partial charge in [-0.2, -0.15) is 0 Å². The molecular formula is C15H22N4O. The summed E-state index contributed by atoms with van der Waals surface area (Å²) in [4.78, 5) is 11.9. The molecule has 0 aliphatic heterocycles. The molecule has 5 heteroatoms. The van der Waals surface area contributed by atoms with Crippen LogP contribution >= 0.6 is 0 Å². The van der Waals surface area contributed by atoms with Crippen molar-refractivity contribution < 1.29 is 4.74 Å². The SMILES string of the molecule is C=C(NCc1c(OC)nc(C)c2nc[nH]c12)C(C)(C)C. The summed E-state index contributed by atoms with van der Waals surface area (Å²) in [5.74, 6) is 0.619. The number of aryl methyl sites for hydroxylation is 1. The zero-order chi connectivity index (χ0) is 14.9. The van der Waals surface area contributed by atoms with Crippen LogP contribution in [0.2, 0.25) is 0 Å². The maximum atomic E-state index is 5.39. The summed E-state index contributed by atoms with van der Waals surface area (Å²) in [6.07, 6.45) is 1.68. The van der Waals surface area contributed by atoms with Crippen LogP contribution in [0.25, 0.3) is 11.0 Å². The van der Waals surface area contributed by atoms with Crippen molar-refractivity contribution in [2.45, 2.75) is 34.2 Å². The molecule has 0 amide bonds. The first-order valence-corrected chi connectivity index (χ1v) is 6.64. The smallest absolute Gasteiger partial charge is 0.220 e. The molecule has 108 valence electrons. The number of fused-ring (bicyclic) bond motifs is 1. The fourth-order valence-corrected chi connectivity index (χ4v) is 1.97. The second kappa shape index (κ2) is 5.15. The molecule has 5 nitrogen and oxygen atoms in total. The number of hydrogen-bond acceptors (Lipinski definition) is 4. The van der Waals surface area contributed by atoms with Crippen molar-refractivity contribution in [3.05, 3.63) is 29.9 Å². The third-order valence-electron chi connectivity index (χ3n) is 3.39. The molecule has 0 aliphatic carbocycles. The zero-order valence-electron chi connectivity index (χ0n) is 12.8. The first-order chi connectivity index (χ1) is 9.34. The molecule has 0 fully saturated rings. The fraction of sp³-hybridized carbons (Fsp3) is 0.467. The van der Waals surface area contributed by atoms with Gasteiger partial charge in [0.1, 0.15) is 5.52 Å². The van der Waals surface area contributed by atoms with Gasteiger partial charge >= 0.3 is 0 Å². The molecular weight excluding hydrogens is 252 g/mol. The maximum absolute atomic E-state index is 5.39. The van der Waals surface area contributed by atoms with Crippen molar-refractivity contribution in [2.75, 3.05) is 7.11 Å². The molecule has 2 aromatic heterocycles. The average molecular weight is 274 g/mol. The Balaban J connectivity index is 2.36. The molecule has 0 aliphatic rings. The summed E-state index contributed by atoms with van der Waals surface area (Å²) in [6, 6.07) is 0. The van der Waals surface area contributed by atoms with Gasteiger partial charge in [-0.15, -0.1) is 0 Å². The van der Waals surface area contributed by atoms with E-state index in [2.05, 4.69) is 47.6 Å². The topological polar surface area (TPSA) is 62.8 Å². The first-order valence-electron chi connectivity index (χ1n) is 6.64. The second-order valence-electron chi connectivity index (χ2n) is 5.89. The standard InChI is InChI=1S/C15H22N4O/c1-9-12-13(18-8-17-12)11(14(19-9)20-6)7-16-10(2)15(3,4)5/h8,16H,2,7H2,1,3-6H3,(H,17,18). The van der Waals surface area contributed by atoms with Crippen molar-refractivity contribution in [1.29, 1.82) is 0 Å². The van der Waals surface area contributed by atoms with Gasteiger partial charge in [-0.05, 0) is 6.92 Å². The number of nitrogens with one attached hydrogen (secondary N) is 2. The third-order valence-corrected chi connectivity index (χ3v) is 3.39. The van der Waals surface area contributed by atoms with Crippen LogP contribution in [0.15, 0.2) is 18.6 Å². The maximum Gasteiger partial charge on any atom is 0.220 e. The summed E-state index contributed by atoms with van der Waals surface area (Å²) in [5.41, 5.74) is 4.66. The predicted molar refractivity (Wildman–Crippen MR) is 80.6 cm³/mol. The number of methoxy groups -OCH3 is 1. The quantitative estimate of drug-likeness (QED) is 0.900. The van der Waals surface area contributed by atoms with Gasteiger partial charge in [-0.1, -0.05) is 27.4 Å². The van der Waals surface area contributed by atoms with Crippen LogP contribution in [0.5, 0.6) is 5.88 Å². The van der Waals surface area contributed by atoms with E-state index in [0.29, 0.717) is 12.4 Å². The Labute approximate surface area is 119 Å². The van der Waals surface area contributed by atoms with Crippen LogP contribution in [0, 0.1) is 12.3 Å². The Kier molecular flexibility index (Phi) is 3.70. The molecule has 0 radical (unpaired) electrons. The van der Waals surface area contributed by atoms with Gasteiger partial charge in [-0.25, -0.2) is 9.97 Å². The number of imidazole rings is 1. The van der Waals surface area contributed by atoms with Crippen LogP contribution in [0.4, 0.5) is 0 Å². The minimum absolute atomic E-state index is 0.0124. The molecule has 2 aromatic rings. The number of nitrogens with zero attached hydrogens (tertiary/aromatic N) is 2. The van der Waals surface area contributed by atoms with Crippen LogP contribution in [-0.2, 0) is 6.54 Å². The van der Waals surface area contributed by atoms with Gasteiger partial charge < -0.3 is 15.0 Å². The number of aromatic amines is 1. The highest BCUT2D eigenvalue weighted by atomic mass is 16.5. The Morgan fingerprint density at radius 3 is 2.75 bits per heavy atom. The fourth-order valence-electron chi connectivity index (χ4n) is 1.97. The van der Waals surface area contributed by atoms with Crippen LogP contribution < -0.4 is 10.1 Å². The van der Waals surface area contributed by atoms with E-state index in [1.165, 1.54) is 0 Å². The van der Waals surface area contributed by atoms with E-state index in [1.54, 1.807) is 13.4 Å². The van der Waals surface area contributed by atoms with Gasteiger partial charge in [0.2, 0.25) is 5.88 Å². The summed E-state index contributed by atoms with van der Waals surface area (Å²) >= 11 is 0. The second-order valence-corrected chi connectivity index (χ2v) is 5.89. The lowest BCUT2D eigenvalue weighted by Crippen LogP contribution is -2.23. The molecule has 0 atom stereocenters. The Bertz CT molecular complexity index is 637. The van der Waals surface area contributed by atoms with Gasteiger partial charge in [-0.3, -0.25) is 0 Å². The van der Waals surface area contributed by atoms with Crippen molar-refractivity contribution >= 4 is 11.0 Å². The molecule has 0 saturated heterocycles. The lowest BCUT2D eigenvalue weighted by Gasteiger charge is -2.23. The molecule has 20 heavy (non-hydrogen) atoms. The summed E-state index contributed by atoms with van der Waals surface area (Å²) in [5, 5.41) is 3.35. The zero-order valence-corrected chi connectivity index (χ0v) is 12.8. The summed E-state index contributed by atoms with van der Waals surface area (Å²) in [7, 11) is 1.63. The van der Waals surface area contributed by atoms with Crippen molar-refractivity contribution in [1.82, 2.24) is 20.3 Å². The third kappa shape index (κ3) is 2.61. The van der Waals surface area contributed by atoms with Gasteiger partial charge in [0.05, 0.1) is 30.2 Å². The Morgan fingerprint density at radius 2 is 2.15 bits per heavy atom. The molecule has 2 N–H and O–H groups in total. The minimum atomic E-state index is 0.0124. The highest BCUT2D eigenvalue weighted by Gasteiger charge is 2.18. The van der Waals surface area contributed by atoms with E-state index >= 15 is 0 Å². The van der Waals surface area contributed by atoms with Gasteiger partial charge in [0, 0.05) is 17.7 Å². The average Bonchev–Trinajstić information content (AvgIpc) is 2.85. The normalized spacial score (nSPS) is 11.7. The highest BCUT2D eigenvalue weighted by Crippen LogP contribution is 2.27. The Morgan fingerprint density at radius 1 is 1.45 bits per heavy atom. The largest absolute Gasteiger partial charge is 0.481 e. The van der Waals surface area contributed by atoms with E-state index in [0.717, 1.165) is 28.0 Å². The molecule has 0 saturated carbocycles. The number of pyridine rings is 1. The highest BCUT2D eigenvalue weighted by molar-refractivity contribution is 5.81. The summed E-state index contributed by atoms with van der Waals surface area (Å²) in [6.45, 7) is 13.0. The Hall–Kier alpha value is -2.04. The predicted octanol–water partition coefficient (Wildman–Crippen LogP) is 2.92. The first kappa shape index (κ1) is 14.4. The molecule has 0 bridgehead atoms. The van der Waals surface area contributed by atoms with Crippen LogP contribution in [-0.4, -0.2) is 22.1 Å². The lowest BCUT2D eigenvalue weighted by atomic mass is 9.93. The molecule has 2 heterocycles. The van der Waals surface area contributed by atoms with Crippen LogP contribution in [0.1, 0.15) is 32.0 Å². The van der Waals surface area contributed by atoms with Gasteiger partial charge in [0.15, 0.2) is 0 Å². The van der Waals surface area contributed by atoms with E-state index in [9.17, 15) is 0 Å². The number of aromatic nitrogens is 3. The van der Waals surface area contributed by atoms with Crippen LogP contribution in [0.3, 0.4) is 0 Å². The number of H-pyrrole nitrogens is 1. The molecule has 2 rings (SSSR count). The van der Waals surface area contributed by atoms with Crippen molar-refractivity contribution in [3.8, 4) is 5.88 Å². The lowest BCUT2D eigenvalue weighted by molar-refractivity contribution is 0.389. The number of allylic oxidation sites excluding steroid dienone is 1. The van der Waals surface area contributed by atoms with Gasteiger partial charge in [0.25, 0.3) is 0 Å². The van der Waals surface area contributed by atoms with E-state index in [1.807, 2.05) is 6.92 Å². The monoisotopic (exact) mass is 274 g/mol.